The van der Waals surface area contributed by atoms with Crippen LogP contribution in [0.3, 0.4) is 0 Å². The van der Waals surface area contributed by atoms with Gasteiger partial charge in [-0.25, -0.2) is 9.78 Å². The van der Waals surface area contributed by atoms with Crippen LogP contribution >= 0.6 is 0 Å². The van der Waals surface area contributed by atoms with Gasteiger partial charge in [-0.3, -0.25) is 0 Å². The van der Waals surface area contributed by atoms with E-state index in [1.54, 1.807) is 24.3 Å². The number of nitriles is 1. The van der Waals surface area contributed by atoms with Gasteiger partial charge in [-0.1, -0.05) is 12.1 Å². The molecule has 0 aliphatic heterocycles. The summed E-state index contributed by atoms with van der Waals surface area (Å²) in [5.74, 6) is -1.04. The zero-order valence-electron chi connectivity index (χ0n) is 7.64. The minimum absolute atomic E-state index is 0.115. The smallest absolute Gasteiger partial charge is 0.337 e. The van der Waals surface area contributed by atoms with Crippen LogP contribution in [0.4, 0.5) is 0 Å². The molecule has 0 amide bonds. The van der Waals surface area contributed by atoms with Crippen LogP contribution in [0.15, 0.2) is 30.3 Å². The SMILES string of the molecule is N#Cc1ccc2cccc(C(=O)O)c2n1. The molecule has 4 heteroatoms. The normalized spacial score (nSPS) is 9.80. The number of hydrogen-bond acceptors (Lipinski definition) is 3. The van der Waals surface area contributed by atoms with E-state index in [1.165, 1.54) is 6.07 Å². The molecule has 0 bridgehead atoms. The lowest BCUT2D eigenvalue weighted by molar-refractivity contribution is 0.0699. The van der Waals surface area contributed by atoms with Gasteiger partial charge in [-0.2, -0.15) is 5.26 Å². The zero-order chi connectivity index (χ0) is 10.8. The van der Waals surface area contributed by atoms with Crippen LogP contribution in [0.2, 0.25) is 0 Å². The number of benzene rings is 1. The minimum Gasteiger partial charge on any atom is -0.478 e. The van der Waals surface area contributed by atoms with Gasteiger partial charge < -0.3 is 5.11 Å². The van der Waals surface area contributed by atoms with Gasteiger partial charge in [0.05, 0.1) is 11.1 Å². The van der Waals surface area contributed by atoms with Crippen molar-refractivity contribution in [3.63, 3.8) is 0 Å². The van der Waals surface area contributed by atoms with Crippen molar-refractivity contribution in [3.8, 4) is 6.07 Å². The maximum Gasteiger partial charge on any atom is 0.337 e. The first-order valence-electron chi connectivity index (χ1n) is 4.25. The third-order valence-corrected chi connectivity index (χ3v) is 2.07. The maximum atomic E-state index is 10.9. The Balaban J connectivity index is 2.83. The largest absolute Gasteiger partial charge is 0.478 e. The third-order valence-electron chi connectivity index (χ3n) is 2.07. The Bertz CT molecular complexity index is 585. The Labute approximate surface area is 85.4 Å². The number of hydrogen-bond donors (Lipinski definition) is 1. The van der Waals surface area contributed by atoms with Crippen LogP contribution in [0, 0.1) is 11.3 Å². The quantitative estimate of drug-likeness (QED) is 0.758. The van der Waals surface area contributed by atoms with E-state index in [4.69, 9.17) is 10.4 Å². The Morgan fingerprint density at radius 1 is 1.33 bits per heavy atom. The summed E-state index contributed by atoms with van der Waals surface area (Å²) in [5, 5.41) is 18.3. The van der Waals surface area contributed by atoms with Crippen molar-refractivity contribution < 1.29 is 9.90 Å². The second-order valence-corrected chi connectivity index (χ2v) is 2.99. The number of nitrogens with zero attached hydrogens (tertiary/aromatic N) is 2. The number of aromatic carboxylic acids is 1. The van der Waals surface area contributed by atoms with Gasteiger partial charge in [0, 0.05) is 5.39 Å². The van der Waals surface area contributed by atoms with E-state index in [-0.39, 0.29) is 11.3 Å². The second-order valence-electron chi connectivity index (χ2n) is 2.99. The van der Waals surface area contributed by atoms with Gasteiger partial charge in [0.2, 0.25) is 0 Å². The van der Waals surface area contributed by atoms with Gasteiger partial charge in [0.15, 0.2) is 0 Å². The number of para-hydroxylation sites is 1. The Morgan fingerprint density at radius 2 is 2.13 bits per heavy atom. The fraction of sp³-hybridized carbons (Fsp3) is 0. The number of aromatic nitrogens is 1. The summed E-state index contributed by atoms with van der Waals surface area (Å²) in [6.07, 6.45) is 0. The summed E-state index contributed by atoms with van der Waals surface area (Å²) in [7, 11) is 0. The van der Waals surface area contributed by atoms with Crippen molar-refractivity contribution in [2.75, 3.05) is 0 Å². The maximum absolute atomic E-state index is 10.9. The summed E-state index contributed by atoms with van der Waals surface area (Å²) in [5.41, 5.74) is 0.685. The van der Waals surface area contributed by atoms with Gasteiger partial charge in [-0.15, -0.1) is 0 Å². The van der Waals surface area contributed by atoms with Crippen LogP contribution in [-0.2, 0) is 0 Å². The van der Waals surface area contributed by atoms with Crippen LogP contribution in [-0.4, -0.2) is 16.1 Å². The Morgan fingerprint density at radius 3 is 2.80 bits per heavy atom. The van der Waals surface area contributed by atoms with Crippen LogP contribution in [0.25, 0.3) is 10.9 Å². The van der Waals surface area contributed by atoms with Gasteiger partial charge >= 0.3 is 5.97 Å². The van der Waals surface area contributed by atoms with Gasteiger partial charge in [0.1, 0.15) is 11.8 Å². The predicted octanol–water partition coefficient (Wildman–Crippen LogP) is 1.80. The topological polar surface area (TPSA) is 74.0 Å². The van der Waals surface area contributed by atoms with E-state index in [0.717, 1.165) is 0 Å². The molecule has 2 aromatic rings. The summed E-state index contributed by atoms with van der Waals surface area (Å²) < 4.78 is 0. The van der Waals surface area contributed by atoms with E-state index in [1.807, 2.05) is 6.07 Å². The summed E-state index contributed by atoms with van der Waals surface area (Å²) in [6.45, 7) is 0. The molecule has 1 N–H and O–H groups in total. The van der Waals surface area contributed by atoms with E-state index >= 15 is 0 Å². The fourth-order valence-electron chi connectivity index (χ4n) is 1.38. The Hall–Kier alpha value is -2.41. The van der Waals surface area contributed by atoms with Crippen molar-refractivity contribution in [3.05, 3.63) is 41.6 Å². The molecule has 0 saturated heterocycles. The van der Waals surface area contributed by atoms with E-state index < -0.39 is 5.97 Å². The first-order valence-corrected chi connectivity index (χ1v) is 4.25. The molecule has 0 aliphatic carbocycles. The lowest BCUT2D eigenvalue weighted by Gasteiger charge is -2.00. The zero-order valence-corrected chi connectivity index (χ0v) is 7.64. The highest BCUT2D eigenvalue weighted by molar-refractivity contribution is 6.01. The fourth-order valence-corrected chi connectivity index (χ4v) is 1.38. The van der Waals surface area contributed by atoms with Crippen molar-refractivity contribution >= 4 is 16.9 Å². The lowest BCUT2D eigenvalue weighted by atomic mass is 10.1. The summed E-state index contributed by atoms with van der Waals surface area (Å²) in [4.78, 5) is 14.9. The molecule has 0 aliphatic rings. The molecule has 0 fully saturated rings. The average molecular weight is 198 g/mol. The summed E-state index contributed by atoms with van der Waals surface area (Å²) in [6, 6.07) is 10.0. The molecule has 0 spiro atoms. The van der Waals surface area contributed by atoms with Crippen LogP contribution in [0.5, 0.6) is 0 Å². The van der Waals surface area contributed by atoms with E-state index in [9.17, 15) is 4.79 Å². The molecule has 0 atom stereocenters. The number of fused-ring (bicyclic) bond motifs is 1. The van der Waals surface area contributed by atoms with Crippen molar-refractivity contribution in [1.82, 2.24) is 4.98 Å². The van der Waals surface area contributed by atoms with Gasteiger partial charge in [-0.05, 0) is 18.2 Å². The number of carbonyl (C=O) groups is 1. The highest BCUT2D eigenvalue weighted by Crippen LogP contribution is 2.16. The first kappa shape index (κ1) is 9.16. The molecule has 1 heterocycles. The molecule has 72 valence electrons. The minimum atomic E-state index is -1.04. The summed E-state index contributed by atoms with van der Waals surface area (Å²) >= 11 is 0. The Kier molecular flexibility index (Phi) is 2.07. The number of carboxylic acids is 1. The number of pyridine rings is 1. The molecular formula is C11H6N2O2. The highest BCUT2D eigenvalue weighted by atomic mass is 16.4. The monoisotopic (exact) mass is 198 g/mol. The number of rotatable bonds is 1. The molecule has 1 aromatic carbocycles. The predicted molar refractivity (Wildman–Crippen MR) is 53.4 cm³/mol. The molecule has 0 saturated carbocycles. The standard InChI is InChI=1S/C11H6N2O2/c12-6-8-5-4-7-2-1-3-9(11(14)15)10(7)13-8/h1-5H,(H,14,15). The first-order chi connectivity index (χ1) is 7.22. The molecule has 0 unspecified atom stereocenters. The van der Waals surface area contributed by atoms with Crippen LogP contribution in [0.1, 0.15) is 16.1 Å². The average Bonchev–Trinajstić information content (AvgIpc) is 2.27. The number of carboxylic acid groups (broad SMARTS) is 1. The van der Waals surface area contributed by atoms with Crippen molar-refractivity contribution in [2.24, 2.45) is 0 Å². The third kappa shape index (κ3) is 1.51. The molecule has 1 aromatic heterocycles. The molecule has 2 rings (SSSR count). The second kappa shape index (κ2) is 3.39. The molecule has 0 radical (unpaired) electrons. The van der Waals surface area contributed by atoms with E-state index in [2.05, 4.69) is 4.98 Å². The van der Waals surface area contributed by atoms with Gasteiger partial charge in [0.25, 0.3) is 0 Å². The van der Waals surface area contributed by atoms with Crippen LogP contribution < -0.4 is 0 Å². The van der Waals surface area contributed by atoms with E-state index in [0.29, 0.717) is 10.9 Å². The molecular weight excluding hydrogens is 192 g/mol. The molecule has 15 heavy (non-hydrogen) atoms. The molecule has 4 nitrogen and oxygen atoms in total. The highest BCUT2D eigenvalue weighted by Gasteiger charge is 2.09. The lowest BCUT2D eigenvalue weighted by Crippen LogP contribution is -1.99. The van der Waals surface area contributed by atoms with Crippen molar-refractivity contribution in [2.45, 2.75) is 0 Å². The van der Waals surface area contributed by atoms with Crippen molar-refractivity contribution in [1.29, 1.82) is 5.26 Å².